The van der Waals surface area contributed by atoms with Gasteiger partial charge in [-0.1, -0.05) is 18.5 Å². The third-order valence-corrected chi connectivity index (χ3v) is 3.60. The lowest BCUT2D eigenvalue weighted by molar-refractivity contribution is -0.144. The van der Waals surface area contributed by atoms with E-state index < -0.39 is 5.97 Å². The van der Waals surface area contributed by atoms with Crippen molar-refractivity contribution in [2.75, 3.05) is 18.5 Å². The summed E-state index contributed by atoms with van der Waals surface area (Å²) in [5.74, 6) is -0.639. The smallest absolute Gasteiger partial charge is 0.344 e. The molecule has 2 rings (SSSR count). The number of hydrogen-bond acceptors (Lipinski definition) is 5. The fraction of sp³-hybridized carbons (Fsp3) is 0.211. The average molecular weight is 376 g/mol. The van der Waals surface area contributed by atoms with Gasteiger partial charge < -0.3 is 14.8 Å². The first kappa shape index (κ1) is 19.5. The van der Waals surface area contributed by atoms with Crippen LogP contribution in [0.5, 0.6) is 5.75 Å². The molecule has 0 atom stereocenters. The van der Waals surface area contributed by atoms with E-state index in [1.54, 1.807) is 55.5 Å². The molecule has 7 heteroatoms. The van der Waals surface area contributed by atoms with Crippen LogP contribution in [0.15, 0.2) is 48.5 Å². The molecule has 0 saturated carbocycles. The molecule has 2 aromatic rings. The third kappa shape index (κ3) is 6.22. The summed E-state index contributed by atoms with van der Waals surface area (Å²) in [6.45, 7) is 1.05. The molecule has 26 heavy (non-hydrogen) atoms. The highest BCUT2D eigenvalue weighted by molar-refractivity contribution is 6.30. The fourth-order valence-corrected chi connectivity index (χ4v) is 2.06. The summed E-state index contributed by atoms with van der Waals surface area (Å²) in [6, 6.07) is 12.9. The van der Waals surface area contributed by atoms with Crippen LogP contribution in [0.3, 0.4) is 0 Å². The Labute approximate surface area is 156 Å². The van der Waals surface area contributed by atoms with E-state index in [2.05, 4.69) is 5.32 Å². The molecular formula is C19H18ClNO5. The van der Waals surface area contributed by atoms with Crippen molar-refractivity contribution in [2.24, 2.45) is 0 Å². The van der Waals surface area contributed by atoms with Gasteiger partial charge in [-0.15, -0.1) is 0 Å². The van der Waals surface area contributed by atoms with Gasteiger partial charge in [0.25, 0.3) is 0 Å². The quantitative estimate of drug-likeness (QED) is 0.564. The standard InChI is InChI=1S/C19H18ClNO5/c1-2-18(23)21-15-7-3-13(4-8-15)17(22)11-26-19(24)12-25-16-9-5-14(20)6-10-16/h3-10H,2,11-12H2,1H3,(H,21,23). The largest absolute Gasteiger partial charge is 0.482 e. The van der Waals surface area contributed by atoms with Gasteiger partial charge in [0.2, 0.25) is 5.91 Å². The van der Waals surface area contributed by atoms with Gasteiger partial charge >= 0.3 is 5.97 Å². The number of rotatable bonds is 8. The molecule has 0 spiro atoms. The van der Waals surface area contributed by atoms with Crippen LogP contribution in [0, 0.1) is 0 Å². The maximum atomic E-state index is 12.0. The van der Waals surface area contributed by atoms with E-state index in [1.165, 1.54) is 0 Å². The number of nitrogens with one attached hydrogen (secondary N) is 1. The van der Waals surface area contributed by atoms with Crippen LogP contribution < -0.4 is 10.1 Å². The number of benzene rings is 2. The van der Waals surface area contributed by atoms with Crippen LogP contribution in [-0.4, -0.2) is 30.9 Å². The van der Waals surface area contributed by atoms with E-state index in [1.807, 2.05) is 0 Å². The number of amides is 1. The molecule has 1 amide bonds. The summed E-state index contributed by atoms with van der Waals surface area (Å²) in [5.41, 5.74) is 0.979. The normalized spacial score (nSPS) is 10.1. The maximum absolute atomic E-state index is 12.0. The van der Waals surface area contributed by atoms with Gasteiger partial charge in [-0.05, 0) is 48.5 Å². The van der Waals surface area contributed by atoms with Gasteiger partial charge in [0.15, 0.2) is 19.0 Å². The highest BCUT2D eigenvalue weighted by Gasteiger charge is 2.11. The van der Waals surface area contributed by atoms with Gasteiger partial charge in [-0.3, -0.25) is 9.59 Å². The molecule has 0 aliphatic rings. The van der Waals surface area contributed by atoms with Crippen LogP contribution in [-0.2, 0) is 14.3 Å². The molecule has 1 N–H and O–H groups in total. The molecule has 0 unspecified atom stereocenters. The molecule has 0 aliphatic heterocycles. The highest BCUT2D eigenvalue weighted by Crippen LogP contribution is 2.15. The van der Waals surface area contributed by atoms with E-state index in [9.17, 15) is 14.4 Å². The topological polar surface area (TPSA) is 81.7 Å². The Bertz CT molecular complexity index is 772. The van der Waals surface area contributed by atoms with Crippen molar-refractivity contribution < 1.29 is 23.9 Å². The number of carbonyl (C=O) groups is 3. The summed E-state index contributed by atoms with van der Waals surface area (Å²) < 4.78 is 10.1. The number of carbonyl (C=O) groups excluding carboxylic acids is 3. The summed E-state index contributed by atoms with van der Waals surface area (Å²) in [6.07, 6.45) is 0.370. The Morgan fingerprint density at radius 1 is 0.962 bits per heavy atom. The summed E-state index contributed by atoms with van der Waals surface area (Å²) >= 11 is 5.75. The van der Waals surface area contributed by atoms with Crippen molar-refractivity contribution in [1.82, 2.24) is 0 Å². The average Bonchev–Trinajstić information content (AvgIpc) is 2.66. The second-order valence-corrected chi connectivity index (χ2v) is 5.74. The van der Waals surface area contributed by atoms with Crippen molar-refractivity contribution in [2.45, 2.75) is 13.3 Å². The molecule has 0 aromatic heterocycles. The highest BCUT2D eigenvalue weighted by atomic mass is 35.5. The van der Waals surface area contributed by atoms with Crippen molar-refractivity contribution in [3.63, 3.8) is 0 Å². The van der Waals surface area contributed by atoms with Crippen molar-refractivity contribution in [3.05, 3.63) is 59.1 Å². The van der Waals surface area contributed by atoms with Crippen LogP contribution in [0.4, 0.5) is 5.69 Å². The van der Waals surface area contributed by atoms with E-state index in [0.717, 1.165) is 0 Å². The van der Waals surface area contributed by atoms with E-state index in [4.69, 9.17) is 21.1 Å². The zero-order valence-corrected chi connectivity index (χ0v) is 14.9. The first-order valence-electron chi connectivity index (χ1n) is 7.95. The second kappa shape index (κ2) is 9.58. The molecule has 0 aliphatic carbocycles. The lowest BCUT2D eigenvalue weighted by Crippen LogP contribution is -2.19. The molecule has 0 radical (unpaired) electrons. The summed E-state index contributed by atoms with van der Waals surface area (Å²) in [4.78, 5) is 35.0. The number of hydrogen-bond donors (Lipinski definition) is 1. The number of esters is 1. The zero-order chi connectivity index (χ0) is 18.9. The van der Waals surface area contributed by atoms with E-state index in [-0.39, 0.29) is 24.9 Å². The van der Waals surface area contributed by atoms with Gasteiger partial charge in [0.1, 0.15) is 5.75 Å². The van der Waals surface area contributed by atoms with Gasteiger partial charge in [0, 0.05) is 22.7 Å². The Kier molecular flexibility index (Phi) is 7.17. The molecule has 0 bridgehead atoms. The Balaban J connectivity index is 1.77. The third-order valence-electron chi connectivity index (χ3n) is 3.35. The van der Waals surface area contributed by atoms with Gasteiger partial charge in [0.05, 0.1) is 0 Å². The minimum absolute atomic E-state index is 0.112. The Hall–Kier alpha value is -2.86. The molecular weight excluding hydrogens is 358 g/mol. The Morgan fingerprint density at radius 2 is 1.62 bits per heavy atom. The molecule has 136 valence electrons. The van der Waals surface area contributed by atoms with Gasteiger partial charge in [-0.2, -0.15) is 0 Å². The first-order valence-corrected chi connectivity index (χ1v) is 8.33. The summed E-state index contributed by atoms with van der Waals surface area (Å²) in [7, 11) is 0. The van der Waals surface area contributed by atoms with Crippen LogP contribution >= 0.6 is 11.6 Å². The minimum Gasteiger partial charge on any atom is -0.482 e. The lowest BCUT2D eigenvalue weighted by Gasteiger charge is -2.07. The van der Waals surface area contributed by atoms with Gasteiger partial charge in [-0.25, -0.2) is 4.79 Å². The molecule has 0 fully saturated rings. The first-order chi connectivity index (χ1) is 12.5. The van der Waals surface area contributed by atoms with Crippen LogP contribution in [0.2, 0.25) is 5.02 Å². The van der Waals surface area contributed by atoms with Crippen molar-refractivity contribution in [1.29, 1.82) is 0 Å². The number of ether oxygens (including phenoxy) is 2. The monoisotopic (exact) mass is 375 g/mol. The number of halogens is 1. The maximum Gasteiger partial charge on any atom is 0.344 e. The van der Waals surface area contributed by atoms with E-state index in [0.29, 0.717) is 28.4 Å². The van der Waals surface area contributed by atoms with Crippen LogP contribution in [0.1, 0.15) is 23.7 Å². The molecule has 6 nitrogen and oxygen atoms in total. The fourth-order valence-electron chi connectivity index (χ4n) is 1.93. The lowest BCUT2D eigenvalue weighted by atomic mass is 10.1. The molecule has 2 aromatic carbocycles. The van der Waals surface area contributed by atoms with Crippen molar-refractivity contribution in [3.8, 4) is 5.75 Å². The Morgan fingerprint density at radius 3 is 2.23 bits per heavy atom. The predicted molar refractivity (Wildman–Crippen MR) is 97.6 cm³/mol. The molecule has 0 saturated heterocycles. The zero-order valence-electron chi connectivity index (χ0n) is 14.2. The van der Waals surface area contributed by atoms with E-state index >= 15 is 0 Å². The van der Waals surface area contributed by atoms with Crippen molar-refractivity contribution >= 4 is 34.9 Å². The van der Waals surface area contributed by atoms with Crippen LogP contribution in [0.25, 0.3) is 0 Å². The minimum atomic E-state index is -0.653. The SMILES string of the molecule is CCC(=O)Nc1ccc(C(=O)COC(=O)COc2ccc(Cl)cc2)cc1. The summed E-state index contributed by atoms with van der Waals surface area (Å²) in [5, 5.41) is 3.24. The number of anilines is 1. The molecule has 0 heterocycles. The second-order valence-electron chi connectivity index (χ2n) is 5.31. The number of Topliss-reactive ketones (excluding diaryl/α,β-unsaturated/α-hetero) is 1. The number of ketones is 1. The predicted octanol–water partition coefficient (Wildman–Crippen LogP) is 3.49.